The normalized spacial score (nSPS) is 12.9. The molecule has 1 aliphatic carbocycles. The van der Waals surface area contributed by atoms with Gasteiger partial charge in [-0.05, 0) is 43.4 Å². The molecule has 2 aromatic carbocycles. The van der Waals surface area contributed by atoms with Crippen molar-refractivity contribution in [3.8, 4) is 5.75 Å². The summed E-state index contributed by atoms with van der Waals surface area (Å²) in [6, 6.07) is 9.11. The van der Waals surface area contributed by atoms with Crippen LogP contribution >= 0.6 is 0 Å². The van der Waals surface area contributed by atoms with E-state index in [0.717, 1.165) is 35.4 Å². The summed E-state index contributed by atoms with van der Waals surface area (Å²) in [6.07, 6.45) is 6.18. The molecule has 3 N–H and O–H groups in total. The Balaban J connectivity index is 0.000000306. The predicted octanol–water partition coefficient (Wildman–Crippen LogP) is 1.35. The van der Waals surface area contributed by atoms with E-state index in [9.17, 15) is 9.59 Å². The molecule has 3 rings (SSSR count). The number of carbonyl (C=O) groups excluding carboxylic acids is 2. The summed E-state index contributed by atoms with van der Waals surface area (Å²) in [6.45, 7) is 7.56. The van der Waals surface area contributed by atoms with Gasteiger partial charge < -0.3 is 20.6 Å². The van der Waals surface area contributed by atoms with Crippen LogP contribution in [0.25, 0.3) is 0 Å². The maximum Gasteiger partial charge on any atom is 1.00 e. The Labute approximate surface area is 216 Å². The fourth-order valence-electron chi connectivity index (χ4n) is 3.27. The van der Waals surface area contributed by atoms with Gasteiger partial charge >= 0.3 is 51.4 Å². The second kappa shape index (κ2) is 12.4. The van der Waals surface area contributed by atoms with Gasteiger partial charge in [-0.25, -0.2) is 5.56 Å². The Hall–Kier alpha value is -1.31. The Kier molecular flexibility index (Phi) is 11.0. The maximum atomic E-state index is 11.9. The van der Waals surface area contributed by atoms with Gasteiger partial charge in [0.05, 0.1) is 7.11 Å². The summed E-state index contributed by atoms with van der Waals surface area (Å²) < 4.78 is 5.24. The zero-order valence-corrected chi connectivity index (χ0v) is 20.9. The van der Waals surface area contributed by atoms with Crippen molar-refractivity contribution in [1.29, 1.82) is 0 Å². The third-order valence-corrected chi connectivity index (χ3v) is 5.01. The van der Waals surface area contributed by atoms with Gasteiger partial charge in [0.1, 0.15) is 5.75 Å². The van der Waals surface area contributed by atoms with E-state index >= 15 is 0 Å². The molecule has 1 aliphatic rings. The minimum Gasteiger partial charge on any atom is -0.496 e. The first-order chi connectivity index (χ1) is 13.3. The molecule has 0 aromatic heterocycles. The molecule has 0 spiro atoms. The summed E-state index contributed by atoms with van der Waals surface area (Å²) >= 11 is 0. The average Bonchev–Trinajstić information content (AvgIpc) is 3.21. The number of nitrogen functional groups attached to an aromatic ring is 1. The van der Waals surface area contributed by atoms with Crippen LogP contribution in [0.1, 0.15) is 47.9 Å². The van der Waals surface area contributed by atoms with Crippen LogP contribution in [0.2, 0.25) is 0 Å². The van der Waals surface area contributed by atoms with E-state index in [2.05, 4.69) is 12.2 Å². The van der Waals surface area contributed by atoms with Gasteiger partial charge in [0, 0.05) is 17.7 Å². The molecular weight excluding hydrogens is 391 g/mol. The van der Waals surface area contributed by atoms with E-state index in [-0.39, 0.29) is 63.2 Å². The number of carbonyl (C=O) groups is 1. The van der Waals surface area contributed by atoms with Gasteiger partial charge in [-0.15, -0.1) is 6.07 Å². The Morgan fingerprint density at radius 3 is 2.41 bits per heavy atom. The molecule has 0 radical (unpaired) electrons. The second-order valence-electron chi connectivity index (χ2n) is 7.12. The molecule has 0 atom stereocenters. The standard InChI is InChI=1S/C14H19NO2.C9H9NO.K/c1-10-7-8-12(9-13(10)17-2)15-14(16)11-5-3-4-6-11;1-6-3-9(10)4-8(5-11)7(6)2;/h7-9,11H,3-6H2,1-2H3,(H,15,16);3-4H,2,10H2,1H3;/q;-2;+1. The zero-order valence-electron chi connectivity index (χ0n) is 17.8. The summed E-state index contributed by atoms with van der Waals surface area (Å²) in [5.41, 5.74) is 10.0. The number of benzene rings is 2. The number of ether oxygens (including phenoxy) is 1. The molecule has 1 amide bonds. The SMILES string of the molecule is COc1cc(NC(=O)C2CCCC2)ccc1C.[CH2-]c1c(C)cc(N)cc1[C-]=O.[K+]. The molecule has 0 heterocycles. The summed E-state index contributed by atoms with van der Waals surface area (Å²) in [5, 5.41) is 2.97. The van der Waals surface area contributed by atoms with Crippen molar-refractivity contribution in [2.45, 2.75) is 39.5 Å². The number of hydrogen-bond acceptors (Lipinski definition) is 4. The van der Waals surface area contributed by atoms with Gasteiger partial charge in [0.15, 0.2) is 0 Å². The number of rotatable bonds is 4. The third-order valence-electron chi connectivity index (χ3n) is 5.01. The van der Waals surface area contributed by atoms with Crippen molar-refractivity contribution >= 4 is 23.6 Å². The van der Waals surface area contributed by atoms with Crippen LogP contribution in [0.15, 0.2) is 30.3 Å². The quantitative estimate of drug-likeness (QED) is 0.445. The molecule has 5 nitrogen and oxygen atoms in total. The number of anilines is 2. The molecule has 6 heteroatoms. The van der Waals surface area contributed by atoms with Gasteiger partial charge in [-0.2, -0.15) is 6.07 Å². The van der Waals surface area contributed by atoms with E-state index in [1.807, 2.05) is 32.0 Å². The Bertz CT molecular complexity index is 846. The van der Waals surface area contributed by atoms with E-state index < -0.39 is 0 Å². The fraction of sp³-hybridized carbons (Fsp3) is 0.348. The van der Waals surface area contributed by atoms with E-state index in [1.165, 1.54) is 12.8 Å². The first-order valence-corrected chi connectivity index (χ1v) is 9.41. The van der Waals surface area contributed by atoms with Crippen LogP contribution in [0, 0.1) is 26.7 Å². The fourth-order valence-corrected chi connectivity index (χ4v) is 3.27. The molecule has 0 bridgehead atoms. The van der Waals surface area contributed by atoms with Crippen LogP contribution in [0.3, 0.4) is 0 Å². The van der Waals surface area contributed by atoms with Crippen molar-refractivity contribution in [1.82, 2.24) is 0 Å². The van der Waals surface area contributed by atoms with Crippen LogP contribution in [-0.2, 0) is 9.59 Å². The molecule has 1 saturated carbocycles. The average molecular weight is 420 g/mol. The van der Waals surface area contributed by atoms with Crippen molar-refractivity contribution in [2.24, 2.45) is 5.92 Å². The largest absolute Gasteiger partial charge is 1.00 e. The van der Waals surface area contributed by atoms with Crippen molar-refractivity contribution in [2.75, 3.05) is 18.2 Å². The molecule has 1 fully saturated rings. The number of methoxy groups -OCH3 is 1. The number of nitrogens with two attached hydrogens (primary N) is 1. The van der Waals surface area contributed by atoms with Crippen LogP contribution in [0.4, 0.5) is 11.4 Å². The van der Waals surface area contributed by atoms with Gasteiger partial charge in [0.2, 0.25) is 5.91 Å². The minimum absolute atomic E-state index is 0. The van der Waals surface area contributed by atoms with E-state index in [1.54, 1.807) is 25.5 Å². The first-order valence-electron chi connectivity index (χ1n) is 9.41. The second-order valence-corrected chi connectivity index (χ2v) is 7.12. The van der Waals surface area contributed by atoms with Gasteiger partial charge in [-0.1, -0.05) is 25.8 Å². The number of amides is 1. The molecular formula is C23H28KN2O3-. The maximum absolute atomic E-state index is 11.9. The Morgan fingerprint density at radius 2 is 1.83 bits per heavy atom. The zero-order chi connectivity index (χ0) is 20.7. The van der Waals surface area contributed by atoms with E-state index in [4.69, 9.17) is 10.5 Å². The van der Waals surface area contributed by atoms with Gasteiger partial charge in [-0.3, -0.25) is 22.8 Å². The molecule has 0 aliphatic heterocycles. The topological polar surface area (TPSA) is 81.4 Å². The van der Waals surface area contributed by atoms with E-state index in [0.29, 0.717) is 16.8 Å². The first kappa shape index (κ1) is 25.7. The molecule has 0 unspecified atom stereocenters. The predicted molar refractivity (Wildman–Crippen MR) is 113 cm³/mol. The van der Waals surface area contributed by atoms with Gasteiger partial charge in [0.25, 0.3) is 0 Å². The molecule has 29 heavy (non-hydrogen) atoms. The minimum atomic E-state index is 0. The third kappa shape index (κ3) is 7.46. The summed E-state index contributed by atoms with van der Waals surface area (Å²) in [5.74, 6) is 1.16. The molecule has 2 aromatic rings. The molecule has 150 valence electrons. The van der Waals surface area contributed by atoms with Crippen molar-refractivity contribution in [3.05, 3.63) is 59.5 Å². The van der Waals surface area contributed by atoms with Crippen LogP contribution in [0.5, 0.6) is 5.75 Å². The monoisotopic (exact) mass is 419 g/mol. The Morgan fingerprint density at radius 1 is 1.17 bits per heavy atom. The number of hydrogen-bond donors (Lipinski definition) is 2. The van der Waals surface area contributed by atoms with Crippen LogP contribution in [-0.4, -0.2) is 19.3 Å². The summed E-state index contributed by atoms with van der Waals surface area (Å²) in [7, 11) is 1.64. The molecule has 0 saturated heterocycles. The number of nitrogens with one attached hydrogen (secondary N) is 1. The summed E-state index contributed by atoms with van der Waals surface area (Å²) in [4.78, 5) is 22.3. The smallest absolute Gasteiger partial charge is 0.496 e. The van der Waals surface area contributed by atoms with Crippen LogP contribution < -0.4 is 67.2 Å². The number of aryl methyl sites for hydroxylation is 2. The van der Waals surface area contributed by atoms with Crippen molar-refractivity contribution in [3.63, 3.8) is 0 Å². The van der Waals surface area contributed by atoms with Crippen molar-refractivity contribution < 1.29 is 65.7 Å².